The minimum Gasteiger partial charge on any atom is -0.386 e. The second-order valence-electron chi connectivity index (χ2n) is 4.55. The van der Waals surface area contributed by atoms with Crippen molar-refractivity contribution >= 4 is 0 Å². The Kier molecular flexibility index (Phi) is 4.99. The molecule has 1 saturated carbocycles. The van der Waals surface area contributed by atoms with Crippen molar-refractivity contribution < 1.29 is 14.6 Å². The van der Waals surface area contributed by atoms with Gasteiger partial charge in [-0.3, -0.25) is 0 Å². The minimum atomic E-state index is -0.808. The molecule has 4 nitrogen and oxygen atoms in total. The molecule has 15 heavy (non-hydrogen) atoms. The molecule has 90 valence electrons. The summed E-state index contributed by atoms with van der Waals surface area (Å²) in [6.45, 7) is 5.68. The third kappa shape index (κ3) is 4.47. The maximum atomic E-state index is 10.1. The largest absolute Gasteiger partial charge is 0.386 e. The highest BCUT2D eigenvalue weighted by atomic mass is 16.5. The zero-order chi connectivity index (χ0) is 11.3. The number of aliphatic hydroxyl groups is 1. The second-order valence-corrected chi connectivity index (χ2v) is 4.55. The van der Waals surface area contributed by atoms with Crippen LogP contribution in [0.4, 0.5) is 0 Å². The van der Waals surface area contributed by atoms with Crippen LogP contribution in [0.3, 0.4) is 0 Å². The summed E-state index contributed by atoms with van der Waals surface area (Å²) in [7, 11) is 0. The van der Waals surface area contributed by atoms with Crippen LogP contribution in [0.2, 0.25) is 0 Å². The molecule has 0 radical (unpaired) electrons. The average molecular weight is 217 g/mol. The third-order valence-corrected chi connectivity index (χ3v) is 2.72. The quantitative estimate of drug-likeness (QED) is 0.582. The summed E-state index contributed by atoms with van der Waals surface area (Å²) in [6.07, 6.45) is 2.37. The normalized spacial score (nSPS) is 20.6. The Bertz CT molecular complexity index is 183. The van der Waals surface area contributed by atoms with Crippen LogP contribution in [0.25, 0.3) is 0 Å². The minimum absolute atomic E-state index is 0.227. The molecular formula is C11H23NO3. The molecular weight excluding hydrogens is 194 g/mol. The number of rotatable bonds is 8. The first-order chi connectivity index (χ1) is 7.08. The van der Waals surface area contributed by atoms with Gasteiger partial charge in [-0.25, -0.2) is 0 Å². The Balaban J connectivity index is 2.07. The van der Waals surface area contributed by atoms with Gasteiger partial charge in [0, 0.05) is 6.54 Å². The van der Waals surface area contributed by atoms with E-state index in [1.807, 2.05) is 13.8 Å². The third-order valence-electron chi connectivity index (χ3n) is 2.72. The van der Waals surface area contributed by atoms with E-state index >= 15 is 0 Å². The maximum Gasteiger partial charge on any atom is 0.103 e. The van der Waals surface area contributed by atoms with Gasteiger partial charge in [0.15, 0.2) is 0 Å². The molecule has 0 aromatic heterocycles. The fourth-order valence-electron chi connectivity index (χ4n) is 1.56. The van der Waals surface area contributed by atoms with Crippen molar-refractivity contribution in [2.45, 2.75) is 38.4 Å². The van der Waals surface area contributed by atoms with E-state index in [1.165, 1.54) is 0 Å². The lowest BCUT2D eigenvalue weighted by Crippen LogP contribution is -2.44. The summed E-state index contributed by atoms with van der Waals surface area (Å²) in [5.41, 5.74) is 4.74. The first-order valence-corrected chi connectivity index (χ1v) is 5.70. The summed E-state index contributed by atoms with van der Waals surface area (Å²) >= 11 is 0. The van der Waals surface area contributed by atoms with E-state index in [2.05, 4.69) is 0 Å². The SMILES string of the molecule is CC(C)OCCOCC(O)(CN)C1CC1. The number of ether oxygens (including phenoxy) is 2. The summed E-state index contributed by atoms with van der Waals surface area (Å²) in [5, 5.41) is 10.1. The molecule has 0 saturated heterocycles. The van der Waals surface area contributed by atoms with E-state index in [0.29, 0.717) is 25.7 Å². The Morgan fingerprint density at radius 3 is 2.53 bits per heavy atom. The van der Waals surface area contributed by atoms with Crippen LogP contribution in [0.1, 0.15) is 26.7 Å². The summed E-state index contributed by atoms with van der Waals surface area (Å²) in [4.78, 5) is 0. The van der Waals surface area contributed by atoms with Gasteiger partial charge in [-0.05, 0) is 32.6 Å². The van der Waals surface area contributed by atoms with Gasteiger partial charge < -0.3 is 20.3 Å². The van der Waals surface area contributed by atoms with Gasteiger partial charge in [-0.15, -0.1) is 0 Å². The molecule has 4 heteroatoms. The molecule has 1 fully saturated rings. The lowest BCUT2D eigenvalue weighted by Gasteiger charge is -2.26. The molecule has 0 aliphatic heterocycles. The molecule has 0 aromatic carbocycles. The van der Waals surface area contributed by atoms with Crippen LogP contribution in [-0.2, 0) is 9.47 Å². The Morgan fingerprint density at radius 2 is 2.07 bits per heavy atom. The lowest BCUT2D eigenvalue weighted by molar-refractivity contribution is -0.0694. The van der Waals surface area contributed by atoms with Crippen molar-refractivity contribution in [1.82, 2.24) is 0 Å². The Hall–Kier alpha value is -0.160. The van der Waals surface area contributed by atoms with Crippen molar-refractivity contribution in [1.29, 1.82) is 0 Å². The zero-order valence-corrected chi connectivity index (χ0v) is 9.74. The Labute approximate surface area is 91.7 Å². The standard InChI is InChI=1S/C11H23NO3/c1-9(2)15-6-5-14-8-11(13,7-12)10-3-4-10/h9-10,13H,3-8,12H2,1-2H3. The van der Waals surface area contributed by atoms with Crippen molar-refractivity contribution in [2.24, 2.45) is 11.7 Å². The van der Waals surface area contributed by atoms with Crippen molar-refractivity contribution in [2.75, 3.05) is 26.4 Å². The summed E-state index contributed by atoms with van der Waals surface area (Å²) < 4.78 is 10.7. The molecule has 3 N–H and O–H groups in total. The maximum absolute atomic E-state index is 10.1. The summed E-state index contributed by atoms with van der Waals surface area (Å²) in [5.74, 6) is 0.341. The number of hydrogen-bond donors (Lipinski definition) is 2. The molecule has 0 aromatic rings. The van der Waals surface area contributed by atoms with Crippen LogP contribution in [0.15, 0.2) is 0 Å². The fourth-order valence-corrected chi connectivity index (χ4v) is 1.56. The summed E-state index contributed by atoms with van der Waals surface area (Å²) in [6, 6.07) is 0. The molecule has 0 heterocycles. The monoisotopic (exact) mass is 217 g/mol. The smallest absolute Gasteiger partial charge is 0.103 e. The van der Waals surface area contributed by atoms with Crippen LogP contribution >= 0.6 is 0 Å². The molecule has 0 bridgehead atoms. The van der Waals surface area contributed by atoms with E-state index in [1.54, 1.807) is 0 Å². The van der Waals surface area contributed by atoms with Crippen molar-refractivity contribution in [3.63, 3.8) is 0 Å². The van der Waals surface area contributed by atoms with Gasteiger partial charge in [0.1, 0.15) is 5.60 Å². The van der Waals surface area contributed by atoms with E-state index in [9.17, 15) is 5.11 Å². The van der Waals surface area contributed by atoms with Gasteiger partial charge in [0.2, 0.25) is 0 Å². The topological polar surface area (TPSA) is 64.7 Å². The van der Waals surface area contributed by atoms with E-state index in [4.69, 9.17) is 15.2 Å². The molecule has 1 rings (SSSR count). The molecule has 1 atom stereocenters. The average Bonchev–Trinajstić information content (AvgIpc) is 3.00. The molecule has 1 aliphatic carbocycles. The van der Waals surface area contributed by atoms with Gasteiger partial charge in [-0.2, -0.15) is 0 Å². The van der Waals surface area contributed by atoms with Gasteiger partial charge in [0.25, 0.3) is 0 Å². The van der Waals surface area contributed by atoms with Crippen molar-refractivity contribution in [3.05, 3.63) is 0 Å². The number of nitrogens with two attached hydrogens (primary N) is 1. The van der Waals surface area contributed by atoms with Gasteiger partial charge >= 0.3 is 0 Å². The van der Waals surface area contributed by atoms with E-state index < -0.39 is 5.60 Å². The molecule has 0 amide bonds. The predicted octanol–water partition coefficient (Wildman–Crippen LogP) is 0.528. The second kappa shape index (κ2) is 5.80. The van der Waals surface area contributed by atoms with Gasteiger partial charge in [-0.1, -0.05) is 0 Å². The highest BCUT2D eigenvalue weighted by Gasteiger charge is 2.42. The van der Waals surface area contributed by atoms with Crippen molar-refractivity contribution in [3.8, 4) is 0 Å². The Morgan fingerprint density at radius 1 is 1.40 bits per heavy atom. The zero-order valence-electron chi connectivity index (χ0n) is 9.74. The molecule has 1 unspecified atom stereocenters. The number of hydrogen-bond acceptors (Lipinski definition) is 4. The first kappa shape index (κ1) is 12.9. The van der Waals surface area contributed by atoms with Gasteiger partial charge in [0.05, 0.1) is 25.9 Å². The highest BCUT2D eigenvalue weighted by Crippen LogP contribution is 2.39. The predicted molar refractivity (Wildman–Crippen MR) is 58.6 cm³/mol. The molecule has 0 spiro atoms. The first-order valence-electron chi connectivity index (χ1n) is 5.70. The fraction of sp³-hybridized carbons (Fsp3) is 1.00. The van der Waals surface area contributed by atoms with Crippen LogP contribution in [0.5, 0.6) is 0 Å². The van der Waals surface area contributed by atoms with E-state index in [-0.39, 0.29) is 12.6 Å². The van der Waals surface area contributed by atoms with E-state index in [0.717, 1.165) is 12.8 Å². The molecule has 1 aliphatic rings. The van der Waals surface area contributed by atoms with Crippen LogP contribution in [0, 0.1) is 5.92 Å². The van der Waals surface area contributed by atoms with Crippen LogP contribution < -0.4 is 5.73 Å². The lowest BCUT2D eigenvalue weighted by atomic mass is 9.99. The highest BCUT2D eigenvalue weighted by molar-refractivity contribution is 4.95. The van der Waals surface area contributed by atoms with Crippen LogP contribution in [-0.4, -0.2) is 43.2 Å².